The molecule has 0 amide bonds. The Bertz CT molecular complexity index is 245. The van der Waals surface area contributed by atoms with Crippen LogP contribution in [0.1, 0.15) is 5.56 Å². The van der Waals surface area contributed by atoms with Gasteiger partial charge in [0.15, 0.2) is 0 Å². The fourth-order valence-corrected chi connectivity index (χ4v) is 0.563. The lowest BCUT2D eigenvalue weighted by Gasteiger charge is -1.92. The topological polar surface area (TPSA) is 118 Å². The van der Waals surface area contributed by atoms with Gasteiger partial charge in [-0.3, -0.25) is 0 Å². The molecular weight excluding hydrogens is 220 g/mol. The summed E-state index contributed by atoms with van der Waals surface area (Å²) in [6.45, 7) is 3.87. The first-order valence-electron chi connectivity index (χ1n) is 3.73. The van der Waals surface area contributed by atoms with E-state index in [1.54, 1.807) is 6.07 Å². The summed E-state index contributed by atoms with van der Waals surface area (Å²) in [7, 11) is -4.61. The fraction of sp³-hybridized carbons (Fsp3) is 0.125. The van der Waals surface area contributed by atoms with Crippen molar-refractivity contribution in [3.8, 4) is 5.75 Å². The molecule has 6 nitrogen and oxygen atoms in total. The minimum Gasteiger partial charge on any atom is -0.508 e. The number of aryl methyl sites for hydroxylation is 1. The number of hydrogen-bond donors (Lipinski definition) is 5. The average molecular weight is 234 g/mol. The molecule has 0 aromatic heterocycles. The predicted octanol–water partition coefficient (Wildman–Crippen LogP) is -1.09. The van der Waals surface area contributed by atoms with Crippen LogP contribution in [0.5, 0.6) is 5.75 Å². The molecule has 0 bridgehead atoms. The number of phenols is 1. The first-order chi connectivity index (χ1) is 6.80. The van der Waals surface area contributed by atoms with E-state index in [1.165, 1.54) is 0 Å². The Labute approximate surface area is 88.2 Å². The minimum absolute atomic E-state index is 0.368. The predicted molar refractivity (Wildman–Crippen MR) is 54.6 cm³/mol. The van der Waals surface area contributed by atoms with Crippen molar-refractivity contribution in [3.63, 3.8) is 0 Å². The molecule has 0 aliphatic heterocycles. The highest BCUT2D eigenvalue weighted by molar-refractivity contribution is 6.46. The third-order valence-electron chi connectivity index (χ3n) is 1.12. The number of phenolic OH excluding ortho intramolecular Hbond substituents is 1. The molecule has 7 heteroatoms. The molecule has 0 spiro atoms. The van der Waals surface area contributed by atoms with Crippen molar-refractivity contribution >= 4 is 15.8 Å². The van der Waals surface area contributed by atoms with Crippen LogP contribution < -0.4 is 0 Å². The van der Waals surface area contributed by atoms with Crippen LogP contribution >= 0.6 is 0 Å². The Morgan fingerprint density at radius 3 is 1.60 bits per heavy atom. The molecule has 5 N–H and O–H groups in total. The van der Waals surface area contributed by atoms with E-state index in [1.807, 2.05) is 31.9 Å². The average Bonchev–Trinajstić information content (AvgIpc) is 2.11. The summed E-state index contributed by atoms with van der Waals surface area (Å²) in [5.41, 5.74) is 0.924. The Morgan fingerprint density at radius 1 is 1.07 bits per heavy atom. The molecule has 0 aliphatic rings. The van der Waals surface area contributed by atoms with Crippen LogP contribution in [0.2, 0.25) is 0 Å². The van der Waals surface area contributed by atoms with E-state index in [0.29, 0.717) is 5.75 Å². The molecule has 1 aromatic carbocycles. The van der Waals surface area contributed by atoms with Gasteiger partial charge in [-0.1, -0.05) is 18.2 Å². The van der Waals surface area contributed by atoms with Crippen LogP contribution in [0, 0.1) is 6.92 Å². The van der Waals surface area contributed by atoms with Gasteiger partial charge in [0, 0.05) is 0 Å². The maximum atomic E-state index is 8.92. The van der Waals surface area contributed by atoms with Gasteiger partial charge in [0.2, 0.25) is 0 Å². The normalized spacial score (nSPS) is 9.13. The third kappa shape index (κ3) is 15.5. The monoisotopic (exact) mass is 234 g/mol. The first-order valence-corrected chi connectivity index (χ1v) is 5.52. The third-order valence-corrected chi connectivity index (χ3v) is 1.12. The summed E-state index contributed by atoms with van der Waals surface area (Å²) >= 11 is 0. The zero-order valence-electron chi connectivity index (χ0n) is 8.16. The summed E-state index contributed by atoms with van der Waals surface area (Å²) in [5.74, 6) is 0.368. The van der Waals surface area contributed by atoms with Gasteiger partial charge in [-0.15, -0.1) is 0 Å². The van der Waals surface area contributed by atoms with Crippen LogP contribution in [0.25, 0.3) is 0 Å². The molecule has 0 fully saturated rings. The molecule has 0 atom stereocenters. The summed E-state index contributed by atoms with van der Waals surface area (Å²) in [5, 5.41) is 8.92. The second kappa shape index (κ2) is 8.09. The molecule has 86 valence electrons. The number of aromatic hydroxyl groups is 1. The van der Waals surface area contributed by atoms with Crippen molar-refractivity contribution in [2.75, 3.05) is 0 Å². The molecule has 0 heterocycles. The largest absolute Gasteiger partial charge is 0.668 e. The molecule has 0 saturated heterocycles. The number of carbonyl (C=O) groups is 1. The number of hydrogen-bond acceptors (Lipinski definition) is 6. The van der Waals surface area contributed by atoms with E-state index >= 15 is 0 Å². The van der Waals surface area contributed by atoms with Crippen LogP contribution in [0.15, 0.2) is 24.3 Å². The van der Waals surface area contributed by atoms with Crippen molar-refractivity contribution in [1.82, 2.24) is 0 Å². The highest BCUT2D eigenvalue weighted by Gasteiger charge is 2.22. The van der Waals surface area contributed by atoms with Crippen molar-refractivity contribution < 1.29 is 29.1 Å². The smallest absolute Gasteiger partial charge is 0.508 e. The maximum Gasteiger partial charge on any atom is 0.668 e. The molecule has 1 rings (SSSR count). The standard InChI is InChI=1S/C7H8O.CH2O.H4O4Si/c1-6-4-2-3-5-7(6)8;1-2;1-5(2,3)4/h2-5,8H,1H3;1H2;1-4H. The Hall–Kier alpha value is -1.25. The summed E-state index contributed by atoms with van der Waals surface area (Å²) in [4.78, 5) is 37.3. The number of benzene rings is 1. The SMILES string of the molecule is C=O.Cc1ccccc1O.O[Si](O)(O)O. The van der Waals surface area contributed by atoms with Gasteiger partial charge in [-0.2, -0.15) is 0 Å². The number of rotatable bonds is 0. The number of carbonyl (C=O) groups excluding carboxylic acids is 1. The van der Waals surface area contributed by atoms with Crippen LogP contribution in [0.4, 0.5) is 0 Å². The van der Waals surface area contributed by atoms with Crippen LogP contribution in [-0.4, -0.2) is 40.1 Å². The zero-order chi connectivity index (χ0) is 12.5. The minimum atomic E-state index is -4.61. The second-order valence-electron chi connectivity index (χ2n) is 2.39. The van der Waals surface area contributed by atoms with Crippen molar-refractivity contribution in [3.05, 3.63) is 29.8 Å². The van der Waals surface area contributed by atoms with Crippen LogP contribution in [-0.2, 0) is 4.79 Å². The van der Waals surface area contributed by atoms with Gasteiger partial charge in [-0.05, 0) is 18.6 Å². The number of para-hydroxylation sites is 1. The first kappa shape index (κ1) is 16.2. The Morgan fingerprint density at radius 2 is 1.40 bits per heavy atom. The van der Waals surface area contributed by atoms with Gasteiger partial charge >= 0.3 is 9.05 Å². The molecule has 0 saturated carbocycles. The summed E-state index contributed by atoms with van der Waals surface area (Å²) in [6, 6.07) is 7.25. The lowest BCUT2D eigenvalue weighted by atomic mass is 10.2. The van der Waals surface area contributed by atoms with E-state index in [-0.39, 0.29) is 0 Å². The molecule has 0 aliphatic carbocycles. The Balaban J connectivity index is 0. The molecule has 0 radical (unpaired) electrons. The Kier molecular flexibility index (Phi) is 8.73. The molecule has 1 aromatic rings. The second-order valence-corrected chi connectivity index (χ2v) is 3.59. The maximum absolute atomic E-state index is 8.92. The molecular formula is C8H14O6Si. The van der Waals surface area contributed by atoms with Gasteiger partial charge in [0.25, 0.3) is 0 Å². The quantitative estimate of drug-likeness (QED) is 0.364. The van der Waals surface area contributed by atoms with Gasteiger partial charge in [0.1, 0.15) is 12.5 Å². The summed E-state index contributed by atoms with van der Waals surface area (Å²) in [6.07, 6.45) is 0. The van der Waals surface area contributed by atoms with E-state index in [0.717, 1.165) is 5.56 Å². The van der Waals surface area contributed by atoms with E-state index in [9.17, 15) is 0 Å². The summed E-state index contributed by atoms with van der Waals surface area (Å²) < 4.78 is 0. The lowest BCUT2D eigenvalue weighted by molar-refractivity contribution is -0.0980. The van der Waals surface area contributed by atoms with Gasteiger partial charge in [-0.25, -0.2) is 0 Å². The highest BCUT2D eigenvalue weighted by atomic mass is 28.4. The highest BCUT2D eigenvalue weighted by Crippen LogP contribution is 2.12. The zero-order valence-corrected chi connectivity index (χ0v) is 9.16. The van der Waals surface area contributed by atoms with E-state index < -0.39 is 9.05 Å². The van der Waals surface area contributed by atoms with Crippen molar-refractivity contribution in [1.29, 1.82) is 0 Å². The van der Waals surface area contributed by atoms with E-state index in [2.05, 4.69) is 0 Å². The molecule has 15 heavy (non-hydrogen) atoms. The van der Waals surface area contributed by atoms with Crippen molar-refractivity contribution in [2.45, 2.75) is 6.92 Å². The van der Waals surface area contributed by atoms with Crippen molar-refractivity contribution in [2.24, 2.45) is 0 Å². The van der Waals surface area contributed by atoms with Gasteiger partial charge in [0.05, 0.1) is 0 Å². The lowest BCUT2D eigenvalue weighted by Crippen LogP contribution is -2.33. The fourth-order valence-electron chi connectivity index (χ4n) is 0.563. The van der Waals surface area contributed by atoms with Gasteiger partial charge < -0.3 is 29.1 Å². The van der Waals surface area contributed by atoms with E-state index in [4.69, 9.17) is 29.1 Å². The molecule has 0 unspecified atom stereocenters. The van der Waals surface area contributed by atoms with Crippen LogP contribution in [0.3, 0.4) is 0 Å².